The maximum absolute atomic E-state index is 13.8. The van der Waals surface area contributed by atoms with Gasteiger partial charge in [0, 0.05) is 40.2 Å². The number of hydrogen-bond acceptors (Lipinski definition) is 7. The Bertz CT molecular complexity index is 1260. The molecule has 2 aliphatic rings. The van der Waals surface area contributed by atoms with Crippen molar-refractivity contribution in [1.29, 1.82) is 0 Å². The topological polar surface area (TPSA) is 139 Å². The zero-order valence-corrected chi connectivity index (χ0v) is 21.7. The number of amides is 2. The third-order valence-electron chi connectivity index (χ3n) is 6.86. The van der Waals surface area contributed by atoms with Crippen LogP contribution >= 0.6 is 15.9 Å². The highest BCUT2D eigenvalue weighted by atomic mass is 79.9. The zero-order chi connectivity index (χ0) is 26.6. The van der Waals surface area contributed by atoms with Crippen LogP contribution in [0.15, 0.2) is 46.9 Å². The second kappa shape index (κ2) is 8.97. The van der Waals surface area contributed by atoms with Crippen molar-refractivity contribution in [1.82, 2.24) is 10.2 Å². The van der Waals surface area contributed by atoms with Crippen molar-refractivity contribution in [2.24, 2.45) is 11.8 Å². The van der Waals surface area contributed by atoms with Gasteiger partial charge in [-0.25, -0.2) is 0 Å². The molecule has 2 amide bonds. The quantitative estimate of drug-likeness (QED) is 0.311. The second-order valence-corrected chi connectivity index (χ2v) is 11.0. The van der Waals surface area contributed by atoms with Crippen molar-refractivity contribution < 1.29 is 29.2 Å². The van der Waals surface area contributed by atoms with Crippen molar-refractivity contribution in [2.45, 2.75) is 44.3 Å². The molecular formula is C25H26BrN3O7. The molecule has 11 heteroatoms. The molecule has 0 bridgehead atoms. The average Bonchev–Trinajstić information content (AvgIpc) is 3.28. The number of hydrogen-bond donors (Lipinski definition) is 2. The van der Waals surface area contributed by atoms with Gasteiger partial charge in [0.15, 0.2) is 0 Å². The van der Waals surface area contributed by atoms with Crippen molar-refractivity contribution in [3.8, 4) is 5.75 Å². The first kappa shape index (κ1) is 25.8. The van der Waals surface area contributed by atoms with Crippen LogP contribution in [0.1, 0.15) is 37.9 Å². The summed E-state index contributed by atoms with van der Waals surface area (Å²) in [6.07, 6.45) is -0.161. The van der Waals surface area contributed by atoms with E-state index in [-0.39, 0.29) is 12.1 Å². The van der Waals surface area contributed by atoms with Gasteiger partial charge < -0.3 is 9.84 Å². The maximum atomic E-state index is 13.8. The Morgan fingerprint density at radius 3 is 2.36 bits per heavy atom. The molecule has 2 aromatic carbocycles. The lowest BCUT2D eigenvalue weighted by Crippen LogP contribution is -2.58. The number of ether oxygens (including phenoxy) is 1. The van der Waals surface area contributed by atoms with E-state index in [2.05, 4.69) is 21.2 Å². The van der Waals surface area contributed by atoms with Crippen LogP contribution in [0.5, 0.6) is 5.75 Å². The summed E-state index contributed by atoms with van der Waals surface area (Å²) in [6, 6.07) is 9.89. The Balaban J connectivity index is 1.89. The molecule has 4 rings (SSSR count). The van der Waals surface area contributed by atoms with Gasteiger partial charge in [-0.05, 0) is 44.5 Å². The lowest BCUT2D eigenvalue weighted by Gasteiger charge is -2.35. The minimum atomic E-state index is -1.84. The third kappa shape index (κ3) is 4.05. The van der Waals surface area contributed by atoms with Crippen LogP contribution in [0.2, 0.25) is 0 Å². The number of carbonyl (C=O) groups excluding carboxylic acids is 2. The number of rotatable bonds is 6. The Kier molecular flexibility index (Phi) is 6.42. The number of imide groups is 1. The van der Waals surface area contributed by atoms with E-state index in [4.69, 9.17) is 4.74 Å². The molecule has 2 saturated heterocycles. The molecule has 0 radical (unpaired) electrons. The van der Waals surface area contributed by atoms with E-state index in [0.717, 1.165) is 4.90 Å². The summed E-state index contributed by atoms with van der Waals surface area (Å²) in [6.45, 7) is 5.18. The average molecular weight is 560 g/mol. The Morgan fingerprint density at radius 2 is 1.83 bits per heavy atom. The fourth-order valence-corrected chi connectivity index (χ4v) is 5.75. The monoisotopic (exact) mass is 559 g/mol. The van der Waals surface area contributed by atoms with Crippen LogP contribution < -0.4 is 10.1 Å². The number of carbonyl (C=O) groups is 3. The van der Waals surface area contributed by atoms with Gasteiger partial charge >= 0.3 is 5.97 Å². The van der Waals surface area contributed by atoms with Crippen LogP contribution in [0.3, 0.4) is 0 Å². The number of nitrogens with zero attached hydrogens (tertiary/aromatic N) is 2. The van der Waals surface area contributed by atoms with Gasteiger partial charge in [0.25, 0.3) is 5.69 Å². The number of halogens is 1. The van der Waals surface area contributed by atoms with Crippen LogP contribution in [0, 0.1) is 22.0 Å². The smallest absolute Gasteiger partial charge is 0.325 e. The van der Waals surface area contributed by atoms with E-state index in [1.165, 1.54) is 31.4 Å². The molecule has 2 fully saturated rings. The van der Waals surface area contributed by atoms with E-state index >= 15 is 0 Å². The lowest BCUT2D eigenvalue weighted by atomic mass is 9.76. The molecule has 2 heterocycles. The number of non-ortho nitro benzene ring substituents is 1. The number of fused-ring (bicyclic) bond motifs is 1. The van der Waals surface area contributed by atoms with Gasteiger partial charge in [0.1, 0.15) is 11.3 Å². The van der Waals surface area contributed by atoms with Crippen molar-refractivity contribution >= 4 is 39.4 Å². The molecule has 2 aliphatic heterocycles. The summed E-state index contributed by atoms with van der Waals surface area (Å²) in [4.78, 5) is 52.2. The summed E-state index contributed by atoms with van der Waals surface area (Å²) in [7, 11) is 1.48. The van der Waals surface area contributed by atoms with Gasteiger partial charge in [0.05, 0.1) is 23.9 Å². The van der Waals surface area contributed by atoms with Gasteiger partial charge in [0.2, 0.25) is 11.8 Å². The van der Waals surface area contributed by atoms with Gasteiger partial charge in [-0.2, -0.15) is 0 Å². The number of carboxylic acid groups (broad SMARTS) is 1. The largest absolute Gasteiger partial charge is 0.496 e. The number of benzene rings is 2. The van der Waals surface area contributed by atoms with Crippen LogP contribution in [0.4, 0.5) is 5.69 Å². The second-order valence-electron chi connectivity index (χ2n) is 10.1. The fourth-order valence-electron chi connectivity index (χ4n) is 5.37. The van der Waals surface area contributed by atoms with E-state index in [1.807, 2.05) is 0 Å². The first-order valence-electron chi connectivity index (χ1n) is 11.3. The minimum absolute atomic E-state index is 0.136. The SMILES string of the molecule is COc1ccc(Br)cc1C1NC(Cc2ccc([N+](=O)[O-])cc2)(C(=O)O)C2C(=O)N(C(C)(C)C)C(=O)C12. The predicted octanol–water partition coefficient (Wildman–Crippen LogP) is 3.48. The van der Waals surface area contributed by atoms with Gasteiger partial charge in [-0.15, -0.1) is 0 Å². The number of methoxy groups -OCH3 is 1. The minimum Gasteiger partial charge on any atom is -0.496 e. The summed E-state index contributed by atoms with van der Waals surface area (Å²) in [5.41, 5.74) is -1.81. The van der Waals surface area contributed by atoms with E-state index in [9.17, 15) is 29.6 Å². The molecule has 2 N–H and O–H groups in total. The first-order chi connectivity index (χ1) is 16.8. The molecule has 36 heavy (non-hydrogen) atoms. The molecule has 0 aliphatic carbocycles. The summed E-state index contributed by atoms with van der Waals surface area (Å²) in [5.74, 6) is -4.06. The van der Waals surface area contributed by atoms with Crippen molar-refractivity contribution in [2.75, 3.05) is 7.11 Å². The third-order valence-corrected chi connectivity index (χ3v) is 7.36. The normalized spacial score (nSPS) is 25.7. The highest BCUT2D eigenvalue weighted by molar-refractivity contribution is 9.10. The molecule has 0 spiro atoms. The first-order valence-corrected chi connectivity index (χ1v) is 12.1. The highest BCUT2D eigenvalue weighted by Gasteiger charge is 2.69. The summed E-state index contributed by atoms with van der Waals surface area (Å²) < 4.78 is 6.22. The predicted molar refractivity (Wildman–Crippen MR) is 132 cm³/mol. The molecule has 0 saturated carbocycles. The molecule has 10 nitrogen and oxygen atoms in total. The maximum Gasteiger partial charge on any atom is 0.325 e. The van der Waals surface area contributed by atoms with Crippen LogP contribution in [0.25, 0.3) is 0 Å². The molecule has 4 atom stereocenters. The highest BCUT2D eigenvalue weighted by Crippen LogP contribution is 2.52. The van der Waals surface area contributed by atoms with Crippen LogP contribution in [-0.4, -0.2) is 50.9 Å². The number of nitro groups is 1. The number of carboxylic acids is 1. The van der Waals surface area contributed by atoms with E-state index in [0.29, 0.717) is 21.3 Å². The number of aliphatic carboxylic acids is 1. The van der Waals surface area contributed by atoms with Crippen molar-refractivity contribution in [3.63, 3.8) is 0 Å². The molecule has 0 aromatic heterocycles. The van der Waals surface area contributed by atoms with Gasteiger partial charge in [-0.3, -0.25) is 34.7 Å². The van der Waals surface area contributed by atoms with Crippen LogP contribution in [-0.2, 0) is 20.8 Å². The lowest BCUT2D eigenvalue weighted by molar-refractivity contribution is -0.384. The number of nitro benzene ring substituents is 1. The Labute approximate surface area is 215 Å². The molecule has 2 aromatic rings. The van der Waals surface area contributed by atoms with E-state index in [1.54, 1.807) is 39.0 Å². The molecule has 4 unspecified atom stereocenters. The summed E-state index contributed by atoms with van der Waals surface area (Å²) in [5, 5.41) is 24.8. The summed E-state index contributed by atoms with van der Waals surface area (Å²) >= 11 is 3.43. The zero-order valence-electron chi connectivity index (χ0n) is 20.1. The Hall–Kier alpha value is -3.31. The van der Waals surface area contributed by atoms with Gasteiger partial charge in [-0.1, -0.05) is 28.1 Å². The number of likely N-dealkylation sites (tertiary alicyclic amines) is 1. The Morgan fingerprint density at radius 1 is 1.19 bits per heavy atom. The fraction of sp³-hybridized carbons (Fsp3) is 0.400. The van der Waals surface area contributed by atoms with Crippen molar-refractivity contribution in [3.05, 3.63) is 68.2 Å². The number of nitrogens with one attached hydrogen (secondary N) is 1. The molecule has 190 valence electrons. The molecular weight excluding hydrogens is 534 g/mol. The van der Waals surface area contributed by atoms with E-state index < -0.39 is 51.7 Å². The standard InChI is InChI=1S/C25H26BrN3O7/c1-24(2,3)28-21(30)18-19(22(28)31)25(23(32)33,12-13-5-8-15(9-6-13)29(34)35)27-20(18)16-11-14(26)7-10-17(16)36-4/h5-11,18-20,27H,12H2,1-4H3,(H,32,33).